The normalized spacial score (nSPS) is 13.4. The highest BCUT2D eigenvalue weighted by Gasteiger charge is 2.16. The quantitative estimate of drug-likeness (QED) is 0.667. The van der Waals surface area contributed by atoms with Gasteiger partial charge in [-0.2, -0.15) is 0 Å². The summed E-state index contributed by atoms with van der Waals surface area (Å²) in [5.41, 5.74) is 0.581. The highest BCUT2D eigenvalue weighted by Crippen LogP contribution is 2.24. The Labute approximate surface area is 75.2 Å². The maximum Gasteiger partial charge on any atom is 0.245 e. The lowest BCUT2D eigenvalue weighted by atomic mass is 10.0. The molecule has 0 bridgehead atoms. The molecule has 0 saturated carbocycles. The lowest BCUT2D eigenvalue weighted by Crippen LogP contribution is -2.04. The fourth-order valence-electron chi connectivity index (χ4n) is 0.935. The summed E-state index contributed by atoms with van der Waals surface area (Å²) in [5, 5.41) is 0.500. The van der Waals surface area contributed by atoms with Gasteiger partial charge in [0.05, 0.1) is 0 Å². The zero-order valence-corrected chi connectivity index (χ0v) is 7.35. The summed E-state index contributed by atoms with van der Waals surface area (Å²) in [7, 11) is 0. The van der Waals surface area contributed by atoms with Gasteiger partial charge in [0.1, 0.15) is 0 Å². The summed E-state index contributed by atoms with van der Waals surface area (Å²) in [6, 6.07) is 6.57. The molecule has 0 radical (unpaired) electrons. The lowest BCUT2D eigenvalue weighted by molar-refractivity contribution is 0.121. The van der Waals surface area contributed by atoms with E-state index in [0.29, 0.717) is 10.6 Å². The van der Waals surface area contributed by atoms with Gasteiger partial charge in [0.2, 0.25) is 6.43 Å². The van der Waals surface area contributed by atoms with E-state index < -0.39 is 12.3 Å². The minimum atomic E-state index is -2.33. The number of benzene rings is 1. The number of alkyl halides is 2. The molecule has 0 spiro atoms. The van der Waals surface area contributed by atoms with Crippen LogP contribution in [0.15, 0.2) is 24.3 Å². The summed E-state index contributed by atoms with van der Waals surface area (Å²) < 4.78 is 24.4. The third-order valence-electron chi connectivity index (χ3n) is 1.75. The number of hydrogen-bond acceptors (Lipinski definition) is 0. The van der Waals surface area contributed by atoms with E-state index in [0.717, 1.165) is 0 Å². The van der Waals surface area contributed by atoms with Crippen LogP contribution < -0.4 is 0 Å². The Hall–Kier alpha value is -0.630. The molecule has 0 amide bonds. The Morgan fingerprint density at radius 1 is 1.33 bits per heavy atom. The largest absolute Gasteiger partial charge is 0.245 e. The second-order valence-corrected chi connectivity index (χ2v) is 3.11. The maximum absolute atomic E-state index is 12.2. The van der Waals surface area contributed by atoms with Crippen LogP contribution in [0.4, 0.5) is 8.78 Å². The highest BCUT2D eigenvalue weighted by atomic mass is 35.5. The number of hydrogen-bond donors (Lipinski definition) is 0. The van der Waals surface area contributed by atoms with E-state index in [-0.39, 0.29) is 0 Å². The predicted molar refractivity (Wildman–Crippen MR) is 45.9 cm³/mol. The van der Waals surface area contributed by atoms with Crippen LogP contribution in [-0.4, -0.2) is 6.43 Å². The molecular formula is C9H9ClF2. The molecule has 0 N–H and O–H groups in total. The van der Waals surface area contributed by atoms with Crippen LogP contribution in [-0.2, 0) is 0 Å². The van der Waals surface area contributed by atoms with Crippen molar-refractivity contribution in [3.8, 4) is 0 Å². The molecule has 1 aromatic rings. The van der Waals surface area contributed by atoms with E-state index in [1.165, 1.54) is 6.92 Å². The van der Waals surface area contributed by atoms with Crippen LogP contribution in [0.1, 0.15) is 18.4 Å². The first-order chi connectivity index (χ1) is 5.61. The molecule has 0 fully saturated rings. The second-order valence-electron chi connectivity index (χ2n) is 2.68. The third-order valence-corrected chi connectivity index (χ3v) is 1.99. The molecular weight excluding hydrogens is 182 g/mol. The maximum atomic E-state index is 12.2. The molecule has 0 saturated heterocycles. The Kier molecular flexibility index (Phi) is 3.04. The van der Waals surface area contributed by atoms with Crippen molar-refractivity contribution < 1.29 is 8.78 Å². The predicted octanol–water partition coefficient (Wildman–Crippen LogP) is 3.71. The zero-order valence-electron chi connectivity index (χ0n) is 6.60. The molecule has 0 aromatic heterocycles. The van der Waals surface area contributed by atoms with Gasteiger partial charge < -0.3 is 0 Å². The van der Waals surface area contributed by atoms with Gasteiger partial charge in [0.15, 0.2) is 0 Å². The Bertz CT molecular complexity index is 260. The molecule has 0 aliphatic rings. The Balaban J connectivity index is 2.88. The lowest BCUT2D eigenvalue weighted by Gasteiger charge is -2.09. The SMILES string of the molecule is CC(c1cccc(Cl)c1)C(F)F. The van der Waals surface area contributed by atoms with Crippen molar-refractivity contribution >= 4 is 11.6 Å². The van der Waals surface area contributed by atoms with Crippen LogP contribution in [0, 0.1) is 0 Å². The average molecular weight is 191 g/mol. The zero-order chi connectivity index (χ0) is 9.14. The molecule has 3 heteroatoms. The van der Waals surface area contributed by atoms with Crippen molar-refractivity contribution in [2.45, 2.75) is 19.3 Å². The van der Waals surface area contributed by atoms with E-state index in [9.17, 15) is 8.78 Å². The molecule has 1 rings (SSSR count). The monoisotopic (exact) mass is 190 g/mol. The molecule has 1 unspecified atom stereocenters. The number of rotatable bonds is 2. The summed E-state index contributed by atoms with van der Waals surface area (Å²) in [6.07, 6.45) is -2.33. The van der Waals surface area contributed by atoms with Crippen LogP contribution in [0.5, 0.6) is 0 Å². The molecule has 12 heavy (non-hydrogen) atoms. The number of halogens is 3. The van der Waals surface area contributed by atoms with Gasteiger partial charge >= 0.3 is 0 Å². The van der Waals surface area contributed by atoms with Gasteiger partial charge in [0, 0.05) is 10.9 Å². The first kappa shape index (κ1) is 9.46. The Morgan fingerprint density at radius 3 is 2.50 bits per heavy atom. The highest BCUT2D eigenvalue weighted by molar-refractivity contribution is 6.30. The third kappa shape index (κ3) is 2.18. The van der Waals surface area contributed by atoms with E-state index in [4.69, 9.17) is 11.6 Å². The summed E-state index contributed by atoms with van der Waals surface area (Å²) >= 11 is 5.65. The van der Waals surface area contributed by atoms with Gasteiger partial charge in [0.25, 0.3) is 0 Å². The van der Waals surface area contributed by atoms with Crippen molar-refractivity contribution in [1.29, 1.82) is 0 Å². The van der Waals surface area contributed by atoms with Crippen molar-refractivity contribution in [1.82, 2.24) is 0 Å². The fraction of sp³-hybridized carbons (Fsp3) is 0.333. The fourth-order valence-corrected chi connectivity index (χ4v) is 1.13. The van der Waals surface area contributed by atoms with Crippen molar-refractivity contribution in [3.05, 3.63) is 34.9 Å². The van der Waals surface area contributed by atoms with Crippen molar-refractivity contribution in [3.63, 3.8) is 0 Å². The van der Waals surface area contributed by atoms with E-state index in [2.05, 4.69) is 0 Å². The van der Waals surface area contributed by atoms with Crippen LogP contribution in [0.25, 0.3) is 0 Å². The topological polar surface area (TPSA) is 0 Å². The molecule has 0 aliphatic heterocycles. The van der Waals surface area contributed by atoms with Crippen LogP contribution in [0.3, 0.4) is 0 Å². The molecule has 1 aromatic carbocycles. The van der Waals surface area contributed by atoms with E-state index in [1.54, 1.807) is 24.3 Å². The van der Waals surface area contributed by atoms with Crippen molar-refractivity contribution in [2.75, 3.05) is 0 Å². The smallest absolute Gasteiger partial charge is 0.210 e. The van der Waals surface area contributed by atoms with Crippen LogP contribution >= 0.6 is 11.6 Å². The average Bonchev–Trinajstić information content (AvgIpc) is 2.03. The molecule has 0 nitrogen and oxygen atoms in total. The van der Waals surface area contributed by atoms with Gasteiger partial charge in [-0.05, 0) is 17.7 Å². The summed E-state index contributed by atoms with van der Waals surface area (Å²) in [5.74, 6) is -0.747. The standard InChI is InChI=1S/C9H9ClF2/c1-6(9(11)12)7-3-2-4-8(10)5-7/h2-6,9H,1H3. The summed E-state index contributed by atoms with van der Waals surface area (Å²) in [4.78, 5) is 0. The van der Waals surface area contributed by atoms with Gasteiger partial charge in [-0.15, -0.1) is 0 Å². The minimum absolute atomic E-state index is 0.500. The molecule has 0 aliphatic carbocycles. The second kappa shape index (κ2) is 3.85. The van der Waals surface area contributed by atoms with Gasteiger partial charge in [-0.1, -0.05) is 30.7 Å². The van der Waals surface area contributed by atoms with Crippen LogP contribution in [0.2, 0.25) is 5.02 Å². The van der Waals surface area contributed by atoms with Gasteiger partial charge in [-0.25, -0.2) is 8.78 Å². The Morgan fingerprint density at radius 2 is 2.00 bits per heavy atom. The van der Waals surface area contributed by atoms with E-state index in [1.807, 2.05) is 0 Å². The van der Waals surface area contributed by atoms with Crippen molar-refractivity contribution in [2.24, 2.45) is 0 Å². The molecule has 0 heterocycles. The first-order valence-electron chi connectivity index (χ1n) is 3.65. The minimum Gasteiger partial charge on any atom is -0.210 e. The van der Waals surface area contributed by atoms with Gasteiger partial charge in [-0.3, -0.25) is 0 Å². The van der Waals surface area contributed by atoms with E-state index >= 15 is 0 Å². The summed E-state index contributed by atoms with van der Waals surface area (Å²) in [6.45, 7) is 1.48. The first-order valence-corrected chi connectivity index (χ1v) is 4.02. The molecule has 1 atom stereocenters. The molecule has 66 valence electrons.